The molecule has 0 aliphatic heterocycles. The van der Waals surface area contributed by atoms with Gasteiger partial charge in [0.15, 0.2) is 0 Å². The average Bonchev–Trinajstić information content (AvgIpc) is 2.16. The van der Waals surface area contributed by atoms with Crippen LogP contribution in [0.1, 0.15) is 5.56 Å². The van der Waals surface area contributed by atoms with Crippen molar-refractivity contribution in [1.29, 1.82) is 0 Å². The van der Waals surface area contributed by atoms with Gasteiger partial charge in [-0.3, -0.25) is 4.90 Å². The molecule has 0 bridgehead atoms. The van der Waals surface area contributed by atoms with Gasteiger partial charge in [-0.05, 0) is 17.7 Å². The Morgan fingerprint density at radius 2 is 2.06 bits per heavy atom. The number of benzene rings is 1. The molecule has 0 aliphatic rings. The van der Waals surface area contributed by atoms with Gasteiger partial charge in [0.25, 0.3) is 6.43 Å². The molecule has 0 saturated carbocycles. The zero-order valence-electron chi connectivity index (χ0n) is 8.67. The van der Waals surface area contributed by atoms with Gasteiger partial charge in [-0.25, -0.2) is 13.2 Å². The van der Waals surface area contributed by atoms with Gasteiger partial charge >= 0.3 is 0 Å². The zero-order valence-corrected chi connectivity index (χ0v) is 9.43. The Morgan fingerprint density at radius 1 is 1.31 bits per heavy atom. The molecule has 0 unspecified atom stereocenters. The number of alkyl halides is 3. The molecule has 0 fully saturated rings. The van der Waals surface area contributed by atoms with Crippen LogP contribution in [0.5, 0.6) is 0 Å². The summed E-state index contributed by atoms with van der Waals surface area (Å²) in [6.45, 7) is 0.306. The first-order valence-electron chi connectivity index (χ1n) is 4.92. The fraction of sp³-hybridized carbons (Fsp3) is 0.455. The minimum Gasteiger partial charge on any atom is -0.292 e. The van der Waals surface area contributed by atoms with Crippen molar-refractivity contribution in [3.05, 3.63) is 35.6 Å². The third-order valence-electron chi connectivity index (χ3n) is 2.09. The molecule has 0 saturated heterocycles. The molecule has 90 valence electrons. The molecule has 0 radical (unpaired) electrons. The highest BCUT2D eigenvalue weighted by Crippen LogP contribution is 2.09. The van der Waals surface area contributed by atoms with Gasteiger partial charge in [-0.2, -0.15) is 0 Å². The lowest BCUT2D eigenvalue weighted by Gasteiger charge is -2.20. The fourth-order valence-corrected chi connectivity index (χ4v) is 1.68. The van der Waals surface area contributed by atoms with E-state index < -0.39 is 6.43 Å². The Hall–Kier alpha value is -0.740. The van der Waals surface area contributed by atoms with E-state index in [9.17, 15) is 13.2 Å². The van der Waals surface area contributed by atoms with E-state index in [1.54, 1.807) is 12.1 Å². The molecule has 1 rings (SSSR count). The summed E-state index contributed by atoms with van der Waals surface area (Å²) in [5.74, 6) is -0.0810. The summed E-state index contributed by atoms with van der Waals surface area (Å²) in [7, 11) is 0. The second-order valence-electron chi connectivity index (χ2n) is 3.45. The number of nitrogens with zero attached hydrogens (tertiary/aromatic N) is 1. The summed E-state index contributed by atoms with van der Waals surface area (Å²) in [6.07, 6.45) is -2.41. The molecular formula is C11H13ClF3N. The van der Waals surface area contributed by atoms with Crippen molar-refractivity contribution < 1.29 is 13.2 Å². The number of hydrogen-bond donors (Lipinski definition) is 0. The van der Waals surface area contributed by atoms with E-state index >= 15 is 0 Å². The fourth-order valence-electron chi connectivity index (χ4n) is 1.44. The smallest absolute Gasteiger partial charge is 0.251 e. The maximum atomic E-state index is 12.9. The largest absolute Gasteiger partial charge is 0.292 e. The van der Waals surface area contributed by atoms with E-state index in [0.29, 0.717) is 12.1 Å². The maximum absolute atomic E-state index is 12.9. The first kappa shape index (κ1) is 13.3. The minimum absolute atomic E-state index is 0.280. The summed E-state index contributed by atoms with van der Waals surface area (Å²) in [5.41, 5.74) is 0.672. The second-order valence-corrected chi connectivity index (χ2v) is 3.82. The van der Waals surface area contributed by atoms with Crippen LogP contribution in [0.3, 0.4) is 0 Å². The molecule has 1 aromatic carbocycles. The van der Waals surface area contributed by atoms with Crippen LogP contribution in [0.25, 0.3) is 0 Å². The molecule has 0 heterocycles. The van der Waals surface area contributed by atoms with Crippen LogP contribution in [0.4, 0.5) is 13.2 Å². The lowest BCUT2D eigenvalue weighted by atomic mass is 10.2. The van der Waals surface area contributed by atoms with Crippen molar-refractivity contribution in [2.24, 2.45) is 0 Å². The van der Waals surface area contributed by atoms with Crippen molar-refractivity contribution in [2.45, 2.75) is 13.0 Å². The predicted molar refractivity (Wildman–Crippen MR) is 58.4 cm³/mol. The Balaban J connectivity index is 2.60. The van der Waals surface area contributed by atoms with E-state index in [4.69, 9.17) is 11.6 Å². The van der Waals surface area contributed by atoms with E-state index in [1.165, 1.54) is 17.0 Å². The van der Waals surface area contributed by atoms with Gasteiger partial charge in [0.05, 0.1) is 6.54 Å². The summed E-state index contributed by atoms with van der Waals surface area (Å²) in [6, 6.07) is 5.93. The van der Waals surface area contributed by atoms with Gasteiger partial charge in [0.1, 0.15) is 5.82 Å². The van der Waals surface area contributed by atoms with Crippen molar-refractivity contribution in [3.8, 4) is 0 Å². The number of hydrogen-bond acceptors (Lipinski definition) is 1. The predicted octanol–water partition coefficient (Wildman–Crippen LogP) is 3.13. The van der Waals surface area contributed by atoms with E-state index in [2.05, 4.69) is 0 Å². The lowest BCUT2D eigenvalue weighted by Crippen LogP contribution is -2.30. The second kappa shape index (κ2) is 6.76. The molecule has 0 atom stereocenters. The van der Waals surface area contributed by atoms with Crippen molar-refractivity contribution in [3.63, 3.8) is 0 Å². The van der Waals surface area contributed by atoms with E-state index in [0.717, 1.165) is 0 Å². The molecule has 1 aromatic rings. The molecule has 16 heavy (non-hydrogen) atoms. The first-order chi connectivity index (χ1) is 7.61. The van der Waals surface area contributed by atoms with Crippen molar-refractivity contribution in [1.82, 2.24) is 4.90 Å². The molecule has 0 aromatic heterocycles. The van der Waals surface area contributed by atoms with Crippen molar-refractivity contribution >= 4 is 11.6 Å². The molecular weight excluding hydrogens is 239 g/mol. The van der Waals surface area contributed by atoms with Crippen LogP contribution in [0.15, 0.2) is 24.3 Å². The van der Waals surface area contributed by atoms with E-state index in [1.807, 2.05) is 0 Å². The summed E-state index contributed by atoms with van der Waals surface area (Å²) >= 11 is 5.52. The Morgan fingerprint density at radius 3 is 2.62 bits per heavy atom. The monoisotopic (exact) mass is 251 g/mol. The Labute approximate surface area is 97.8 Å². The molecule has 5 heteroatoms. The molecule has 1 nitrogen and oxygen atoms in total. The Kier molecular flexibility index (Phi) is 5.63. The summed E-state index contributed by atoms with van der Waals surface area (Å²) < 4.78 is 37.3. The normalized spacial score (nSPS) is 11.4. The SMILES string of the molecule is Fc1cccc(CN(CCCl)CC(F)F)c1. The average molecular weight is 252 g/mol. The molecule has 0 spiro atoms. The molecule has 0 amide bonds. The third kappa shape index (κ3) is 4.86. The van der Waals surface area contributed by atoms with Crippen LogP contribution < -0.4 is 0 Å². The number of halogens is 4. The number of rotatable bonds is 6. The van der Waals surface area contributed by atoms with Crippen LogP contribution in [0.2, 0.25) is 0 Å². The van der Waals surface area contributed by atoms with Gasteiger partial charge in [-0.1, -0.05) is 12.1 Å². The van der Waals surface area contributed by atoms with Gasteiger partial charge < -0.3 is 0 Å². The highest BCUT2D eigenvalue weighted by molar-refractivity contribution is 6.18. The quantitative estimate of drug-likeness (QED) is 0.702. The van der Waals surface area contributed by atoms with Gasteiger partial charge in [-0.15, -0.1) is 11.6 Å². The van der Waals surface area contributed by atoms with Crippen LogP contribution in [0, 0.1) is 5.82 Å². The topological polar surface area (TPSA) is 3.24 Å². The van der Waals surface area contributed by atoms with Crippen LogP contribution >= 0.6 is 11.6 Å². The highest BCUT2D eigenvalue weighted by atomic mass is 35.5. The van der Waals surface area contributed by atoms with Gasteiger partial charge in [0.2, 0.25) is 0 Å². The minimum atomic E-state index is -2.41. The standard InChI is InChI=1S/C11H13ClF3N/c12-4-5-16(8-11(14)15)7-9-2-1-3-10(13)6-9/h1-3,6,11H,4-5,7-8H2. The Bertz CT molecular complexity index is 320. The molecule has 0 aliphatic carbocycles. The first-order valence-corrected chi connectivity index (χ1v) is 5.46. The van der Waals surface area contributed by atoms with E-state index in [-0.39, 0.29) is 24.8 Å². The maximum Gasteiger partial charge on any atom is 0.251 e. The van der Waals surface area contributed by atoms with Crippen LogP contribution in [-0.4, -0.2) is 30.3 Å². The summed E-state index contributed by atoms with van der Waals surface area (Å²) in [4.78, 5) is 1.51. The summed E-state index contributed by atoms with van der Waals surface area (Å²) in [5, 5.41) is 0. The molecule has 0 N–H and O–H groups in total. The van der Waals surface area contributed by atoms with Crippen molar-refractivity contribution in [2.75, 3.05) is 19.0 Å². The zero-order chi connectivity index (χ0) is 12.0. The third-order valence-corrected chi connectivity index (χ3v) is 2.26. The van der Waals surface area contributed by atoms with Gasteiger partial charge in [0, 0.05) is 19.0 Å². The highest BCUT2D eigenvalue weighted by Gasteiger charge is 2.12. The van der Waals surface area contributed by atoms with Crippen LogP contribution in [-0.2, 0) is 6.54 Å². The lowest BCUT2D eigenvalue weighted by molar-refractivity contribution is 0.0878.